The molecule has 0 aliphatic carbocycles. The number of carboxylic acids is 1. The molecule has 1 aliphatic rings. The Morgan fingerprint density at radius 1 is 1.25 bits per heavy atom. The summed E-state index contributed by atoms with van der Waals surface area (Å²) in [6.07, 6.45) is -0.579. The van der Waals surface area contributed by atoms with Crippen molar-refractivity contribution >= 4 is 18.4 Å². The van der Waals surface area contributed by atoms with E-state index in [9.17, 15) is 13.6 Å². The van der Waals surface area contributed by atoms with Gasteiger partial charge in [-0.1, -0.05) is 12.1 Å². The summed E-state index contributed by atoms with van der Waals surface area (Å²) < 4.78 is 24.5. The van der Waals surface area contributed by atoms with Crippen LogP contribution in [0.1, 0.15) is 34.7 Å². The first-order valence-corrected chi connectivity index (χ1v) is 6.40. The minimum absolute atomic E-state index is 0. The number of rotatable bonds is 4. The number of alkyl halides is 2. The Hall–Kier alpha value is -1.20. The predicted octanol–water partition coefficient (Wildman–Crippen LogP) is 3.25. The lowest BCUT2D eigenvalue weighted by atomic mass is 9.89. The number of piperidine rings is 1. The van der Waals surface area contributed by atoms with E-state index >= 15 is 0 Å². The summed E-state index contributed by atoms with van der Waals surface area (Å²) in [6, 6.07) is 6.86. The molecule has 3 nitrogen and oxygen atoms in total. The van der Waals surface area contributed by atoms with Crippen LogP contribution in [-0.4, -0.2) is 42.0 Å². The van der Waals surface area contributed by atoms with Crippen LogP contribution in [0.2, 0.25) is 0 Å². The molecule has 0 amide bonds. The van der Waals surface area contributed by atoms with Gasteiger partial charge in [-0.2, -0.15) is 0 Å². The first kappa shape index (κ1) is 16.9. The fraction of sp³-hybridized carbons (Fsp3) is 0.500. The van der Waals surface area contributed by atoms with Gasteiger partial charge < -0.3 is 5.11 Å². The second-order valence-electron chi connectivity index (χ2n) is 4.89. The van der Waals surface area contributed by atoms with Gasteiger partial charge in [0.15, 0.2) is 0 Å². The Morgan fingerprint density at radius 2 is 1.80 bits per heavy atom. The molecule has 1 fully saturated rings. The van der Waals surface area contributed by atoms with Gasteiger partial charge in [0.2, 0.25) is 0 Å². The highest BCUT2D eigenvalue weighted by Gasteiger charge is 2.22. The minimum atomic E-state index is -2.27. The molecule has 1 aliphatic heterocycles. The van der Waals surface area contributed by atoms with Crippen LogP contribution in [0.25, 0.3) is 0 Å². The number of hydrogen-bond donors (Lipinski definition) is 1. The van der Waals surface area contributed by atoms with E-state index in [2.05, 4.69) is 0 Å². The SMILES string of the molecule is Cl.O=C(O)c1ccc(C2CCN(CC(F)F)CC2)cc1. The molecule has 0 radical (unpaired) electrons. The number of likely N-dealkylation sites (tertiary alicyclic amines) is 1. The van der Waals surface area contributed by atoms with E-state index in [0.717, 1.165) is 18.4 Å². The first-order valence-electron chi connectivity index (χ1n) is 6.40. The van der Waals surface area contributed by atoms with E-state index in [-0.39, 0.29) is 24.5 Å². The largest absolute Gasteiger partial charge is 0.478 e. The fourth-order valence-electron chi connectivity index (χ4n) is 2.54. The highest BCUT2D eigenvalue weighted by molar-refractivity contribution is 5.87. The number of aromatic carboxylic acids is 1. The highest BCUT2D eigenvalue weighted by atomic mass is 35.5. The Morgan fingerprint density at radius 3 is 2.25 bits per heavy atom. The molecule has 0 spiro atoms. The second-order valence-corrected chi connectivity index (χ2v) is 4.89. The van der Waals surface area contributed by atoms with Gasteiger partial charge in [0.1, 0.15) is 0 Å². The summed E-state index contributed by atoms with van der Waals surface area (Å²) in [5.41, 5.74) is 1.38. The average molecular weight is 306 g/mol. The molecular formula is C14H18ClF2NO2. The maximum absolute atomic E-state index is 12.3. The van der Waals surface area contributed by atoms with Crippen molar-refractivity contribution in [2.24, 2.45) is 0 Å². The van der Waals surface area contributed by atoms with Crippen molar-refractivity contribution in [2.75, 3.05) is 19.6 Å². The van der Waals surface area contributed by atoms with E-state index in [0.29, 0.717) is 19.0 Å². The van der Waals surface area contributed by atoms with E-state index < -0.39 is 12.4 Å². The Bertz CT molecular complexity index is 431. The Labute approximate surface area is 123 Å². The Kier molecular flexibility index (Phi) is 6.36. The van der Waals surface area contributed by atoms with E-state index in [1.54, 1.807) is 17.0 Å². The molecule has 0 bridgehead atoms. The van der Waals surface area contributed by atoms with Crippen molar-refractivity contribution in [3.05, 3.63) is 35.4 Å². The van der Waals surface area contributed by atoms with Crippen LogP contribution in [-0.2, 0) is 0 Å². The van der Waals surface area contributed by atoms with Gasteiger partial charge in [-0.05, 0) is 49.5 Å². The van der Waals surface area contributed by atoms with Gasteiger partial charge in [0.05, 0.1) is 12.1 Å². The first-order chi connectivity index (χ1) is 9.06. The number of carboxylic acid groups (broad SMARTS) is 1. The number of carbonyl (C=O) groups is 1. The zero-order chi connectivity index (χ0) is 13.8. The monoisotopic (exact) mass is 305 g/mol. The van der Waals surface area contributed by atoms with E-state index in [4.69, 9.17) is 5.11 Å². The van der Waals surface area contributed by atoms with Crippen LogP contribution in [0, 0.1) is 0 Å². The van der Waals surface area contributed by atoms with Gasteiger partial charge in [-0.3, -0.25) is 4.90 Å². The summed E-state index contributed by atoms with van der Waals surface area (Å²) >= 11 is 0. The molecule has 1 saturated heterocycles. The number of benzene rings is 1. The lowest BCUT2D eigenvalue weighted by Gasteiger charge is -2.31. The summed E-state index contributed by atoms with van der Waals surface area (Å²) in [6.45, 7) is 1.20. The molecule has 0 unspecified atom stereocenters. The molecule has 1 aromatic carbocycles. The van der Waals surface area contributed by atoms with Crippen LogP contribution in [0.5, 0.6) is 0 Å². The third-order valence-corrected chi connectivity index (χ3v) is 3.61. The van der Waals surface area contributed by atoms with Crippen LogP contribution < -0.4 is 0 Å². The molecule has 0 atom stereocenters. The lowest BCUT2D eigenvalue weighted by Crippen LogP contribution is -2.36. The number of hydrogen-bond acceptors (Lipinski definition) is 2. The summed E-state index contributed by atoms with van der Waals surface area (Å²) in [5.74, 6) is -0.588. The van der Waals surface area contributed by atoms with Crippen LogP contribution in [0.15, 0.2) is 24.3 Å². The standard InChI is InChI=1S/C14H17F2NO2.ClH/c15-13(16)9-17-7-5-11(6-8-17)10-1-3-12(4-2-10)14(18)19;/h1-4,11,13H,5-9H2,(H,18,19);1H. The molecule has 1 heterocycles. The minimum Gasteiger partial charge on any atom is -0.478 e. The average Bonchev–Trinajstić information content (AvgIpc) is 2.39. The number of nitrogens with zero attached hydrogens (tertiary/aromatic N) is 1. The van der Waals surface area contributed by atoms with Gasteiger partial charge in [0.25, 0.3) is 6.43 Å². The topological polar surface area (TPSA) is 40.5 Å². The maximum atomic E-state index is 12.3. The summed E-state index contributed by atoms with van der Waals surface area (Å²) in [4.78, 5) is 12.5. The summed E-state index contributed by atoms with van der Waals surface area (Å²) in [5, 5.41) is 8.83. The van der Waals surface area contributed by atoms with E-state index in [1.165, 1.54) is 0 Å². The molecule has 2 rings (SSSR count). The van der Waals surface area contributed by atoms with Crippen LogP contribution >= 0.6 is 12.4 Å². The van der Waals surface area contributed by atoms with Crippen LogP contribution in [0.4, 0.5) is 8.78 Å². The van der Waals surface area contributed by atoms with Crippen molar-refractivity contribution in [2.45, 2.75) is 25.2 Å². The van der Waals surface area contributed by atoms with Gasteiger partial charge in [0, 0.05) is 0 Å². The van der Waals surface area contributed by atoms with E-state index in [1.807, 2.05) is 12.1 Å². The smallest absolute Gasteiger partial charge is 0.335 e. The van der Waals surface area contributed by atoms with Gasteiger partial charge in [-0.25, -0.2) is 13.6 Å². The Balaban J connectivity index is 0.00000200. The maximum Gasteiger partial charge on any atom is 0.335 e. The molecule has 1 N–H and O–H groups in total. The normalized spacial score (nSPS) is 16.9. The zero-order valence-electron chi connectivity index (χ0n) is 11.0. The molecular weight excluding hydrogens is 288 g/mol. The lowest BCUT2D eigenvalue weighted by molar-refractivity contribution is 0.0696. The van der Waals surface area contributed by atoms with Crippen molar-refractivity contribution in [1.82, 2.24) is 4.90 Å². The molecule has 20 heavy (non-hydrogen) atoms. The van der Waals surface area contributed by atoms with Crippen molar-refractivity contribution in [3.8, 4) is 0 Å². The highest BCUT2D eigenvalue weighted by Crippen LogP contribution is 2.28. The second kappa shape index (κ2) is 7.55. The zero-order valence-corrected chi connectivity index (χ0v) is 11.8. The van der Waals surface area contributed by atoms with Crippen LogP contribution in [0.3, 0.4) is 0 Å². The van der Waals surface area contributed by atoms with Gasteiger partial charge in [-0.15, -0.1) is 12.4 Å². The molecule has 0 saturated carbocycles. The molecule has 1 aromatic rings. The van der Waals surface area contributed by atoms with Crippen molar-refractivity contribution < 1.29 is 18.7 Å². The quantitative estimate of drug-likeness (QED) is 0.928. The fourth-order valence-corrected chi connectivity index (χ4v) is 2.54. The molecule has 6 heteroatoms. The third kappa shape index (κ3) is 4.42. The summed E-state index contributed by atoms with van der Waals surface area (Å²) in [7, 11) is 0. The van der Waals surface area contributed by atoms with Crippen molar-refractivity contribution in [3.63, 3.8) is 0 Å². The third-order valence-electron chi connectivity index (χ3n) is 3.61. The van der Waals surface area contributed by atoms with Gasteiger partial charge >= 0.3 is 5.97 Å². The number of halogens is 3. The predicted molar refractivity (Wildman–Crippen MR) is 75.1 cm³/mol. The molecule has 112 valence electrons. The van der Waals surface area contributed by atoms with Crippen molar-refractivity contribution in [1.29, 1.82) is 0 Å². The molecule has 0 aromatic heterocycles.